The summed E-state index contributed by atoms with van der Waals surface area (Å²) in [7, 11) is 0. The lowest BCUT2D eigenvalue weighted by atomic mass is 10.0. The molecular formula is C16H18N4. The third-order valence-corrected chi connectivity index (χ3v) is 3.70. The summed E-state index contributed by atoms with van der Waals surface area (Å²) in [5.41, 5.74) is 11.2. The molecule has 20 heavy (non-hydrogen) atoms. The van der Waals surface area contributed by atoms with Crippen LogP contribution in [0, 0.1) is 13.8 Å². The fourth-order valence-electron chi connectivity index (χ4n) is 2.48. The molecule has 0 aliphatic carbocycles. The summed E-state index contributed by atoms with van der Waals surface area (Å²) >= 11 is 0. The predicted octanol–water partition coefficient (Wildman–Crippen LogP) is 2.51. The number of imidazole rings is 1. The van der Waals surface area contributed by atoms with Crippen molar-refractivity contribution in [3.63, 3.8) is 0 Å². The molecule has 4 nitrogen and oxygen atoms in total. The van der Waals surface area contributed by atoms with Crippen LogP contribution in [-0.2, 0) is 6.42 Å². The minimum atomic E-state index is 0.584. The summed E-state index contributed by atoms with van der Waals surface area (Å²) in [6.07, 6.45) is 4.55. The smallest absolute Gasteiger partial charge is 0.164 e. The molecule has 1 aromatic carbocycles. The van der Waals surface area contributed by atoms with Gasteiger partial charge >= 0.3 is 0 Å². The van der Waals surface area contributed by atoms with Crippen LogP contribution in [0.25, 0.3) is 16.9 Å². The Kier molecular flexibility index (Phi) is 3.24. The van der Waals surface area contributed by atoms with E-state index in [1.807, 2.05) is 16.7 Å². The molecule has 4 heteroatoms. The molecule has 0 bridgehead atoms. The van der Waals surface area contributed by atoms with Gasteiger partial charge in [-0.15, -0.1) is 0 Å². The molecule has 102 valence electrons. The van der Waals surface area contributed by atoms with Gasteiger partial charge in [-0.3, -0.25) is 4.40 Å². The van der Waals surface area contributed by atoms with E-state index in [0.29, 0.717) is 6.54 Å². The zero-order valence-corrected chi connectivity index (χ0v) is 11.8. The molecule has 3 rings (SSSR count). The molecule has 0 amide bonds. The van der Waals surface area contributed by atoms with Crippen LogP contribution in [0.1, 0.15) is 17.0 Å². The standard InChI is InChI=1S/C16H18N4/c1-11-5-3-6-13(12(11)2)15-16-18-9-4-10-20(16)14(19-15)7-8-17/h3-6,9-10H,7-8,17H2,1-2H3. The molecule has 0 spiro atoms. The number of aromatic nitrogens is 3. The SMILES string of the molecule is Cc1cccc(-c2nc(CCN)n3cccnc23)c1C. The second kappa shape index (κ2) is 5.06. The van der Waals surface area contributed by atoms with E-state index in [0.717, 1.165) is 29.1 Å². The topological polar surface area (TPSA) is 56.2 Å². The molecule has 0 unspecified atom stereocenters. The first kappa shape index (κ1) is 12.8. The average Bonchev–Trinajstić information content (AvgIpc) is 2.82. The molecule has 0 atom stereocenters. The third-order valence-electron chi connectivity index (χ3n) is 3.70. The Hall–Kier alpha value is -2.20. The fraction of sp³-hybridized carbons (Fsp3) is 0.250. The number of fused-ring (bicyclic) bond motifs is 1. The zero-order valence-electron chi connectivity index (χ0n) is 11.8. The Morgan fingerprint density at radius 1 is 1.20 bits per heavy atom. The Morgan fingerprint density at radius 3 is 2.85 bits per heavy atom. The van der Waals surface area contributed by atoms with Gasteiger partial charge < -0.3 is 5.73 Å². The Morgan fingerprint density at radius 2 is 2.05 bits per heavy atom. The van der Waals surface area contributed by atoms with Gasteiger partial charge in [0.1, 0.15) is 11.5 Å². The lowest BCUT2D eigenvalue weighted by molar-refractivity contribution is 0.859. The fourth-order valence-corrected chi connectivity index (χ4v) is 2.48. The van der Waals surface area contributed by atoms with Gasteiger partial charge in [-0.1, -0.05) is 18.2 Å². The van der Waals surface area contributed by atoms with Gasteiger partial charge in [0.2, 0.25) is 0 Å². The summed E-state index contributed by atoms with van der Waals surface area (Å²) in [4.78, 5) is 9.26. The van der Waals surface area contributed by atoms with Gasteiger partial charge in [0.25, 0.3) is 0 Å². The highest BCUT2D eigenvalue weighted by molar-refractivity contribution is 5.77. The van der Waals surface area contributed by atoms with Crippen LogP contribution >= 0.6 is 0 Å². The van der Waals surface area contributed by atoms with Crippen LogP contribution in [0.15, 0.2) is 36.7 Å². The maximum absolute atomic E-state index is 5.68. The highest BCUT2D eigenvalue weighted by atomic mass is 15.1. The van der Waals surface area contributed by atoms with E-state index in [4.69, 9.17) is 10.7 Å². The average molecular weight is 266 g/mol. The van der Waals surface area contributed by atoms with Gasteiger partial charge in [-0.25, -0.2) is 9.97 Å². The first-order valence-corrected chi connectivity index (χ1v) is 6.81. The van der Waals surface area contributed by atoms with E-state index in [1.165, 1.54) is 11.1 Å². The minimum absolute atomic E-state index is 0.584. The lowest BCUT2D eigenvalue weighted by Gasteiger charge is -2.05. The monoisotopic (exact) mass is 266 g/mol. The van der Waals surface area contributed by atoms with Crippen LogP contribution in [0.3, 0.4) is 0 Å². The Balaban J connectivity index is 2.28. The van der Waals surface area contributed by atoms with Crippen LogP contribution in [-0.4, -0.2) is 20.9 Å². The number of aryl methyl sites for hydroxylation is 1. The second-order valence-electron chi connectivity index (χ2n) is 4.98. The number of rotatable bonds is 3. The lowest BCUT2D eigenvalue weighted by Crippen LogP contribution is -2.06. The normalized spacial score (nSPS) is 11.2. The van der Waals surface area contributed by atoms with Crippen molar-refractivity contribution in [2.24, 2.45) is 5.73 Å². The van der Waals surface area contributed by atoms with Crippen LogP contribution in [0.2, 0.25) is 0 Å². The zero-order chi connectivity index (χ0) is 14.1. The summed E-state index contributed by atoms with van der Waals surface area (Å²) in [5.74, 6) is 0.964. The molecule has 0 fully saturated rings. The van der Waals surface area contributed by atoms with Gasteiger partial charge in [0.15, 0.2) is 5.65 Å². The van der Waals surface area contributed by atoms with Crippen molar-refractivity contribution in [2.45, 2.75) is 20.3 Å². The Labute approximate surface area is 118 Å². The first-order valence-electron chi connectivity index (χ1n) is 6.81. The molecule has 2 N–H and O–H groups in total. The second-order valence-corrected chi connectivity index (χ2v) is 4.98. The van der Waals surface area contributed by atoms with Crippen LogP contribution in [0.4, 0.5) is 0 Å². The van der Waals surface area contributed by atoms with Crippen molar-refractivity contribution in [1.29, 1.82) is 0 Å². The van der Waals surface area contributed by atoms with E-state index < -0.39 is 0 Å². The highest BCUT2D eigenvalue weighted by Crippen LogP contribution is 2.28. The van der Waals surface area contributed by atoms with E-state index in [9.17, 15) is 0 Å². The number of nitrogens with zero attached hydrogens (tertiary/aromatic N) is 3. The minimum Gasteiger partial charge on any atom is -0.330 e. The summed E-state index contributed by atoms with van der Waals surface area (Å²) < 4.78 is 2.03. The molecule has 0 aliphatic heterocycles. The number of hydrogen-bond donors (Lipinski definition) is 1. The maximum atomic E-state index is 5.68. The molecule has 0 saturated carbocycles. The van der Waals surface area contributed by atoms with Gasteiger partial charge in [0.05, 0.1) is 0 Å². The largest absolute Gasteiger partial charge is 0.330 e. The quantitative estimate of drug-likeness (QED) is 0.792. The van der Waals surface area contributed by atoms with Gasteiger partial charge in [-0.05, 0) is 37.6 Å². The van der Waals surface area contributed by atoms with Crippen molar-refractivity contribution < 1.29 is 0 Å². The molecule has 3 aromatic rings. The third kappa shape index (κ3) is 1.98. The van der Waals surface area contributed by atoms with Gasteiger partial charge in [-0.2, -0.15) is 0 Å². The molecule has 0 saturated heterocycles. The Bertz CT molecular complexity index is 758. The van der Waals surface area contributed by atoms with Crippen LogP contribution in [0.5, 0.6) is 0 Å². The summed E-state index contributed by atoms with van der Waals surface area (Å²) in [5, 5.41) is 0. The predicted molar refractivity (Wildman–Crippen MR) is 80.7 cm³/mol. The number of hydrogen-bond acceptors (Lipinski definition) is 3. The van der Waals surface area contributed by atoms with Crippen molar-refractivity contribution in [3.8, 4) is 11.3 Å². The molecule has 0 aliphatic rings. The molecule has 2 aromatic heterocycles. The summed E-state index contributed by atoms with van der Waals surface area (Å²) in [6.45, 7) is 4.83. The first-order chi connectivity index (χ1) is 9.72. The van der Waals surface area contributed by atoms with E-state index >= 15 is 0 Å². The molecular weight excluding hydrogens is 248 g/mol. The summed E-state index contributed by atoms with van der Waals surface area (Å²) in [6, 6.07) is 8.20. The van der Waals surface area contributed by atoms with Crippen molar-refractivity contribution in [2.75, 3.05) is 6.54 Å². The van der Waals surface area contributed by atoms with E-state index in [2.05, 4.69) is 37.0 Å². The molecule has 2 heterocycles. The molecule has 0 radical (unpaired) electrons. The number of benzene rings is 1. The van der Waals surface area contributed by atoms with E-state index in [-0.39, 0.29) is 0 Å². The number of nitrogens with two attached hydrogens (primary N) is 1. The highest BCUT2D eigenvalue weighted by Gasteiger charge is 2.15. The maximum Gasteiger partial charge on any atom is 0.164 e. The van der Waals surface area contributed by atoms with Gasteiger partial charge in [0, 0.05) is 24.4 Å². The van der Waals surface area contributed by atoms with Crippen molar-refractivity contribution in [3.05, 3.63) is 53.6 Å². The van der Waals surface area contributed by atoms with Crippen LogP contribution < -0.4 is 5.73 Å². The van der Waals surface area contributed by atoms with E-state index in [1.54, 1.807) is 6.20 Å². The van der Waals surface area contributed by atoms with Crippen molar-refractivity contribution >= 4 is 5.65 Å². The van der Waals surface area contributed by atoms with Crippen molar-refractivity contribution in [1.82, 2.24) is 14.4 Å².